The summed E-state index contributed by atoms with van der Waals surface area (Å²) in [5, 5.41) is 6.06. The van der Waals surface area contributed by atoms with Gasteiger partial charge >= 0.3 is 0 Å². The summed E-state index contributed by atoms with van der Waals surface area (Å²) in [5.74, 6) is 0.316. The summed E-state index contributed by atoms with van der Waals surface area (Å²) in [5.41, 5.74) is 2.02. The van der Waals surface area contributed by atoms with Crippen LogP contribution in [0.3, 0.4) is 0 Å². The molecule has 0 aliphatic heterocycles. The van der Waals surface area contributed by atoms with Crippen molar-refractivity contribution in [2.45, 2.75) is 59.3 Å². The Balaban J connectivity index is 1.79. The van der Waals surface area contributed by atoms with Crippen molar-refractivity contribution >= 4 is 23.2 Å². The molecule has 0 bridgehead atoms. The van der Waals surface area contributed by atoms with Crippen LogP contribution in [-0.4, -0.2) is 31.4 Å². The molecule has 2 rings (SSSR count). The van der Waals surface area contributed by atoms with Crippen LogP contribution in [0.2, 0.25) is 0 Å². The SMILES string of the molecule is CCCCNC(=O)C1CCC(C(=O)Nc2ccc(N(CC)CC)cc2)CC1. The third-order valence-electron chi connectivity index (χ3n) is 5.56. The lowest BCUT2D eigenvalue weighted by Gasteiger charge is -2.27. The highest BCUT2D eigenvalue weighted by Gasteiger charge is 2.29. The van der Waals surface area contributed by atoms with Crippen molar-refractivity contribution in [3.05, 3.63) is 24.3 Å². The number of unbranched alkanes of at least 4 members (excludes halogenated alkanes) is 1. The third-order valence-corrected chi connectivity index (χ3v) is 5.56. The molecule has 150 valence electrons. The zero-order valence-electron chi connectivity index (χ0n) is 17.1. The highest BCUT2D eigenvalue weighted by molar-refractivity contribution is 5.93. The second-order valence-corrected chi connectivity index (χ2v) is 7.40. The fourth-order valence-electron chi connectivity index (χ4n) is 3.74. The Morgan fingerprint density at radius 2 is 1.48 bits per heavy atom. The van der Waals surface area contributed by atoms with E-state index in [1.807, 2.05) is 12.1 Å². The number of amides is 2. The Morgan fingerprint density at radius 1 is 0.926 bits per heavy atom. The predicted molar refractivity (Wildman–Crippen MR) is 112 cm³/mol. The van der Waals surface area contributed by atoms with Crippen LogP contribution >= 0.6 is 0 Å². The van der Waals surface area contributed by atoms with Crippen molar-refractivity contribution < 1.29 is 9.59 Å². The second kappa shape index (κ2) is 11.0. The van der Waals surface area contributed by atoms with Crippen LogP contribution in [0, 0.1) is 11.8 Å². The molecule has 0 unspecified atom stereocenters. The van der Waals surface area contributed by atoms with Crippen molar-refractivity contribution in [2.24, 2.45) is 11.8 Å². The minimum absolute atomic E-state index is 0.00662. The maximum atomic E-state index is 12.6. The number of benzene rings is 1. The highest BCUT2D eigenvalue weighted by atomic mass is 16.2. The first kappa shape index (κ1) is 21.3. The summed E-state index contributed by atoms with van der Waals surface area (Å²) in [6, 6.07) is 8.05. The molecule has 0 spiro atoms. The van der Waals surface area contributed by atoms with Gasteiger partial charge in [0, 0.05) is 42.8 Å². The Bertz CT molecular complexity index is 588. The van der Waals surface area contributed by atoms with Crippen LogP contribution in [0.15, 0.2) is 24.3 Å². The average Bonchev–Trinajstić information content (AvgIpc) is 2.70. The fourth-order valence-corrected chi connectivity index (χ4v) is 3.74. The van der Waals surface area contributed by atoms with Crippen LogP contribution in [0.25, 0.3) is 0 Å². The van der Waals surface area contributed by atoms with Gasteiger partial charge in [-0.25, -0.2) is 0 Å². The van der Waals surface area contributed by atoms with E-state index in [0.717, 1.165) is 63.8 Å². The molecule has 1 fully saturated rings. The van der Waals surface area contributed by atoms with Gasteiger partial charge in [0.25, 0.3) is 0 Å². The lowest BCUT2D eigenvalue weighted by molar-refractivity contribution is -0.128. The largest absolute Gasteiger partial charge is 0.372 e. The van der Waals surface area contributed by atoms with Crippen LogP contribution in [0.1, 0.15) is 59.3 Å². The van der Waals surface area contributed by atoms with Gasteiger partial charge in [-0.2, -0.15) is 0 Å². The maximum Gasteiger partial charge on any atom is 0.227 e. The van der Waals surface area contributed by atoms with E-state index in [0.29, 0.717) is 0 Å². The Hall–Kier alpha value is -2.04. The third kappa shape index (κ3) is 6.26. The minimum Gasteiger partial charge on any atom is -0.372 e. The molecule has 5 heteroatoms. The molecule has 2 N–H and O–H groups in total. The molecule has 0 saturated heterocycles. The number of nitrogens with zero attached hydrogens (tertiary/aromatic N) is 1. The van der Waals surface area contributed by atoms with Gasteiger partial charge in [-0.3, -0.25) is 9.59 Å². The van der Waals surface area contributed by atoms with Gasteiger partial charge in [-0.05, 0) is 70.2 Å². The molecule has 27 heavy (non-hydrogen) atoms. The predicted octanol–water partition coefficient (Wildman–Crippen LogP) is 4.19. The number of hydrogen-bond acceptors (Lipinski definition) is 3. The van der Waals surface area contributed by atoms with Crippen LogP contribution in [0.4, 0.5) is 11.4 Å². The summed E-state index contributed by atoms with van der Waals surface area (Å²) < 4.78 is 0. The number of anilines is 2. The summed E-state index contributed by atoms with van der Waals surface area (Å²) in [6.07, 6.45) is 5.29. The zero-order valence-corrected chi connectivity index (χ0v) is 17.1. The van der Waals surface area contributed by atoms with E-state index in [1.54, 1.807) is 0 Å². The molecular formula is C22H35N3O2. The average molecular weight is 374 g/mol. The van der Waals surface area contributed by atoms with E-state index in [4.69, 9.17) is 0 Å². The van der Waals surface area contributed by atoms with Crippen molar-refractivity contribution in [3.8, 4) is 0 Å². The lowest BCUT2D eigenvalue weighted by Crippen LogP contribution is -2.35. The molecule has 0 atom stereocenters. The first-order valence-electron chi connectivity index (χ1n) is 10.5. The van der Waals surface area contributed by atoms with Crippen LogP contribution < -0.4 is 15.5 Å². The number of carbonyl (C=O) groups excluding carboxylic acids is 2. The molecule has 1 aromatic rings. The van der Waals surface area contributed by atoms with Crippen molar-refractivity contribution in [3.63, 3.8) is 0 Å². The Kier molecular flexibility index (Phi) is 8.62. The van der Waals surface area contributed by atoms with Crippen LogP contribution in [0.5, 0.6) is 0 Å². The van der Waals surface area contributed by atoms with E-state index in [1.165, 1.54) is 5.69 Å². The molecule has 1 aliphatic carbocycles. The number of nitrogens with one attached hydrogen (secondary N) is 2. The summed E-state index contributed by atoms with van der Waals surface area (Å²) in [7, 11) is 0. The normalized spacial score (nSPS) is 19.4. The molecule has 1 saturated carbocycles. The number of carbonyl (C=O) groups is 2. The zero-order chi connectivity index (χ0) is 19.6. The second-order valence-electron chi connectivity index (χ2n) is 7.40. The summed E-state index contributed by atoms with van der Waals surface area (Å²) in [4.78, 5) is 27.0. The van der Waals surface area contributed by atoms with Gasteiger partial charge in [-0.1, -0.05) is 13.3 Å². The van der Waals surface area contributed by atoms with E-state index < -0.39 is 0 Å². The first-order valence-corrected chi connectivity index (χ1v) is 10.5. The molecule has 2 amide bonds. The molecule has 0 heterocycles. The van der Waals surface area contributed by atoms with Gasteiger partial charge in [0.15, 0.2) is 0 Å². The Morgan fingerprint density at radius 3 is 2.00 bits per heavy atom. The summed E-state index contributed by atoms with van der Waals surface area (Å²) in [6.45, 7) is 9.10. The monoisotopic (exact) mass is 373 g/mol. The highest BCUT2D eigenvalue weighted by Crippen LogP contribution is 2.30. The molecule has 0 aromatic heterocycles. The molecule has 0 radical (unpaired) electrons. The molecule has 1 aromatic carbocycles. The summed E-state index contributed by atoms with van der Waals surface area (Å²) >= 11 is 0. The van der Waals surface area contributed by atoms with E-state index in [-0.39, 0.29) is 23.7 Å². The lowest BCUT2D eigenvalue weighted by atomic mass is 9.81. The maximum absolute atomic E-state index is 12.6. The first-order chi connectivity index (χ1) is 13.1. The van der Waals surface area contributed by atoms with Gasteiger partial charge in [0.05, 0.1) is 0 Å². The number of rotatable bonds is 9. The van der Waals surface area contributed by atoms with E-state index in [9.17, 15) is 9.59 Å². The minimum atomic E-state index is 0.00662. The number of hydrogen-bond donors (Lipinski definition) is 2. The van der Waals surface area contributed by atoms with Crippen molar-refractivity contribution in [1.29, 1.82) is 0 Å². The molecule has 5 nitrogen and oxygen atoms in total. The van der Waals surface area contributed by atoms with Crippen LogP contribution in [-0.2, 0) is 9.59 Å². The standard InChI is InChI=1S/C22H35N3O2/c1-4-7-16-23-21(26)17-8-10-18(11-9-17)22(27)24-19-12-14-20(15-13-19)25(5-2)6-3/h12-15,17-18H,4-11,16H2,1-3H3,(H,23,26)(H,24,27). The van der Waals surface area contributed by atoms with Crippen molar-refractivity contribution in [1.82, 2.24) is 5.32 Å². The smallest absolute Gasteiger partial charge is 0.227 e. The fraction of sp³-hybridized carbons (Fsp3) is 0.636. The Labute approximate surface area is 163 Å². The van der Waals surface area contributed by atoms with Gasteiger partial charge < -0.3 is 15.5 Å². The van der Waals surface area contributed by atoms with E-state index in [2.05, 4.69) is 48.4 Å². The van der Waals surface area contributed by atoms with Crippen molar-refractivity contribution in [2.75, 3.05) is 29.9 Å². The molecule has 1 aliphatic rings. The van der Waals surface area contributed by atoms with Gasteiger partial charge in [0.1, 0.15) is 0 Å². The molecular weight excluding hydrogens is 338 g/mol. The van der Waals surface area contributed by atoms with Gasteiger partial charge in [0.2, 0.25) is 11.8 Å². The quantitative estimate of drug-likeness (QED) is 0.638. The topological polar surface area (TPSA) is 61.4 Å². The van der Waals surface area contributed by atoms with Gasteiger partial charge in [-0.15, -0.1) is 0 Å². The van der Waals surface area contributed by atoms with E-state index >= 15 is 0 Å².